The van der Waals surface area contributed by atoms with Gasteiger partial charge in [0.25, 0.3) is 5.91 Å². The van der Waals surface area contributed by atoms with Crippen molar-refractivity contribution in [3.05, 3.63) is 65.4 Å². The number of H-pyrrole nitrogens is 1. The fraction of sp³-hybridized carbons (Fsp3) is 0. The molecule has 1 aliphatic rings. The molecule has 3 aromatic rings. The van der Waals surface area contributed by atoms with Gasteiger partial charge in [0.1, 0.15) is 0 Å². The molecule has 0 saturated carbocycles. The van der Waals surface area contributed by atoms with Crippen LogP contribution in [0.25, 0.3) is 22.6 Å². The number of carbonyl (C=O) groups is 1. The Morgan fingerprint density at radius 3 is 2.86 bits per heavy atom. The summed E-state index contributed by atoms with van der Waals surface area (Å²) in [5, 5.41) is 12.9. The Bertz CT molecular complexity index is 989. The topological polar surface area (TPSA) is 68.7 Å². The van der Waals surface area contributed by atoms with Gasteiger partial charge in [-0.3, -0.25) is 4.79 Å². The van der Waals surface area contributed by atoms with E-state index in [1.807, 2.05) is 36.5 Å². The third-order valence-corrected chi connectivity index (χ3v) is 3.85. The van der Waals surface area contributed by atoms with E-state index >= 15 is 0 Å². The maximum absolute atomic E-state index is 12.2. The second kappa shape index (κ2) is 4.61. The van der Waals surface area contributed by atoms with Crippen molar-refractivity contribution < 1.29 is 4.79 Å². The highest BCUT2D eigenvalue weighted by Crippen LogP contribution is 2.34. The Kier molecular flexibility index (Phi) is 2.60. The molecule has 0 bridgehead atoms. The highest BCUT2D eigenvalue weighted by atomic mass is 16.2. The van der Waals surface area contributed by atoms with Gasteiger partial charge < -0.3 is 10.3 Å². The lowest BCUT2D eigenvalue weighted by Crippen LogP contribution is -2.03. The van der Waals surface area contributed by atoms with Crippen LogP contribution in [0, 0.1) is 11.3 Å². The summed E-state index contributed by atoms with van der Waals surface area (Å²) in [4.78, 5) is 15.4. The first kappa shape index (κ1) is 12.4. The molecular formula is C18H11N3O. The average molecular weight is 285 g/mol. The van der Waals surface area contributed by atoms with Crippen molar-refractivity contribution in [1.29, 1.82) is 5.26 Å². The smallest absolute Gasteiger partial charge is 0.256 e. The maximum Gasteiger partial charge on any atom is 0.256 e. The highest BCUT2D eigenvalue weighted by molar-refractivity contribution is 6.35. The van der Waals surface area contributed by atoms with Crippen molar-refractivity contribution >= 4 is 34.1 Å². The first-order valence-corrected chi connectivity index (χ1v) is 6.90. The van der Waals surface area contributed by atoms with Gasteiger partial charge >= 0.3 is 0 Å². The van der Waals surface area contributed by atoms with Crippen molar-refractivity contribution in [2.24, 2.45) is 0 Å². The fourth-order valence-electron chi connectivity index (χ4n) is 2.77. The molecule has 2 heterocycles. The predicted octanol–water partition coefficient (Wildman–Crippen LogP) is 3.53. The molecule has 0 unspecified atom stereocenters. The molecule has 1 aliphatic heterocycles. The summed E-state index contributed by atoms with van der Waals surface area (Å²) in [6.45, 7) is 0. The Morgan fingerprint density at radius 1 is 1.14 bits per heavy atom. The molecule has 0 aliphatic carbocycles. The van der Waals surface area contributed by atoms with Crippen LogP contribution in [0.2, 0.25) is 0 Å². The molecule has 0 radical (unpaired) electrons. The molecular weight excluding hydrogens is 274 g/mol. The second-order valence-corrected chi connectivity index (χ2v) is 5.17. The minimum atomic E-state index is -0.143. The zero-order chi connectivity index (χ0) is 15.1. The molecule has 104 valence electrons. The molecule has 0 spiro atoms. The third kappa shape index (κ3) is 1.80. The number of anilines is 1. The maximum atomic E-state index is 12.2. The van der Waals surface area contributed by atoms with Crippen LogP contribution in [0.3, 0.4) is 0 Å². The van der Waals surface area contributed by atoms with Crippen LogP contribution in [0.4, 0.5) is 5.69 Å². The first-order chi connectivity index (χ1) is 10.8. The minimum Gasteiger partial charge on any atom is -0.361 e. The van der Waals surface area contributed by atoms with E-state index in [0.29, 0.717) is 11.1 Å². The lowest BCUT2D eigenvalue weighted by atomic mass is 10.0. The van der Waals surface area contributed by atoms with Crippen LogP contribution >= 0.6 is 0 Å². The van der Waals surface area contributed by atoms with Crippen molar-refractivity contribution in [2.75, 3.05) is 5.32 Å². The number of benzene rings is 2. The summed E-state index contributed by atoms with van der Waals surface area (Å²) in [5.74, 6) is -0.143. The van der Waals surface area contributed by atoms with Crippen molar-refractivity contribution in [2.45, 2.75) is 0 Å². The van der Waals surface area contributed by atoms with E-state index in [9.17, 15) is 4.79 Å². The van der Waals surface area contributed by atoms with Crippen molar-refractivity contribution in [3.63, 3.8) is 0 Å². The molecule has 2 aromatic carbocycles. The SMILES string of the molecule is N#Cc1ccc2c(c1)/C(=C/c1c[nH]c3ccccc13)C(=O)N2. The number of fused-ring (bicyclic) bond motifs is 2. The predicted molar refractivity (Wildman–Crippen MR) is 86.0 cm³/mol. The number of hydrogen-bond donors (Lipinski definition) is 2. The Morgan fingerprint density at radius 2 is 2.00 bits per heavy atom. The number of rotatable bonds is 1. The third-order valence-electron chi connectivity index (χ3n) is 3.85. The number of nitriles is 1. The molecule has 4 rings (SSSR count). The minimum absolute atomic E-state index is 0.143. The quantitative estimate of drug-likeness (QED) is 0.671. The molecule has 2 N–H and O–H groups in total. The van der Waals surface area contributed by atoms with E-state index < -0.39 is 0 Å². The summed E-state index contributed by atoms with van der Waals surface area (Å²) in [6.07, 6.45) is 3.75. The van der Waals surface area contributed by atoms with Gasteiger partial charge in [0.05, 0.1) is 11.6 Å². The normalized spacial score (nSPS) is 14.9. The molecule has 4 heteroatoms. The van der Waals surface area contributed by atoms with Gasteiger partial charge in [0.15, 0.2) is 0 Å². The molecule has 0 fully saturated rings. The first-order valence-electron chi connectivity index (χ1n) is 6.90. The van der Waals surface area contributed by atoms with E-state index in [2.05, 4.69) is 16.4 Å². The summed E-state index contributed by atoms with van der Waals surface area (Å²) in [7, 11) is 0. The van der Waals surface area contributed by atoms with Gasteiger partial charge in [0, 0.05) is 39.5 Å². The Labute approximate surface area is 126 Å². The van der Waals surface area contributed by atoms with Crippen LogP contribution < -0.4 is 5.32 Å². The van der Waals surface area contributed by atoms with Crippen LogP contribution in [0.15, 0.2) is 48.7 Å². The van der Waals surface area contributed by atoms with Crippen LogP contribution in [0.1, 0.15) is 16.7 Å². The second-order valence-electron chi connectivity index (χ2n) is 5.17. The van der Waals surface area contributed by atoms with Gasteiger partial charge in [-0.2, -0.15) is 5.26 Å². The monoisotopic (exact) mass is 285 g/mol. The fourth-order valence-corrected chi connectivity index (χ4v) is 2.77. The van der Waals surface area contributed by atoms with E-state index in [-0.39, 0.29) is 5.91 Å². The number of aromatic amines is 1. The standard InChI is InChI=1S/C18H11N3O/c19-9-11-5-6-17-14(7-11)15(18(22)21-17)8-12-10-20-16-4-2-1-3-13(12)16/h1-8,10,20H,(H,21,22)/b15-8-. The van der Waals surface area contributed by atoms with Gasteiger partial charge in [-0.25, -0.2) is 0 Å². The molecule has 1 aromatic heterocycles. The Balaban J connectivity index is 1.90. The van der Waals surface area contributed by atoms with E-state index in [1.54, 1.807) is 18.2 Å². The highest BCUT2D eigenvalue weighted by Gasteiger charge is 2.24. The number of para-hydroxylation sites is 1. The summed E-state index contributed by atoms with van der Waals surface area (Å²) >= 11 is 0. The number of aromatic nitrogens is 1. The Hall–Kier alpha value is -3.32. The summed E-state index contributed by atoms with van der Waals surface area (Å²) < 4.78 is 0. The average Bonchev–Trinajstić information content (AvgIpc) is 3.09. The van der Waals surface area contributed by atoms with Gasteiger partial charge in [-0.1, -0.05) is 18.2 Å². The van der Waals surface area contributed by atoms with E-state index in [0.717, 1.165) is 27.7 Å². The van der Waals surface area contributed by atoms with Crippen molar-refractivity contribution in [1.82, 2.24) is 4.98 Å². The van der Waals surface area contributed by atoms with Crippen molar-refractivity contribution in [3.8, 4) is 6.07 Å². The van der Waals surface area contributed by atoms with Crippen LogP contribution in [0.5, 0.6) is 0 Å². The number of hydrogen-bond acceptors (Lipinski definition) is 2. The number of amides is 1. The molecule has 22 heavy (non-hydrogen) atoms. The molecule has 0 atom stereocenters. The lowest BCUT2D eigenvalue weighted by molar-refractivity contribution is -0.110. The molecule has 1 amide bonds. The van der Waals surface area contributed by atoms with E-state index in [1.165, 1.54) is 0 Å². The molecule has 0 saturated heterocycles. The lowest BCUT2D eigenvalue weighted by Gasteiger charge is -1.99. The number of carbonyl (C=O) groups excluding carboxylic acids is 1. The molecule has 4 nitrogen and oxygen atoms in total. The summed E-state index contributed by atoms with van der Waals surface area (Å²) in [6, 6.07) is 15.3. The van der Waals surface area contributed by atoms with Gasteiger partial charge in [-0.15, -0.1) is 0 Å². The number of nitrogens with one attached hydrogen (secondary N) is 2. The van der Waals surface area contributed by atoms with Gasteiger partial charge in [-0.05, 0) is 30.3 Å². The van der Waals surface area contributed by atoms with E-state index in [4.69, 9.17) is 5.26 Å². The van der Waals surface area contributed by atoms with Gasteiger partial charge in [0.2, 0.25) is 0 Å². The zero-order valence-corrected chi connectivity index (χ0v) is 11.6. The largest absolute Gasteiger partial charge is 0.361 e. The van der Waals surface area contributed by atoms with Crippen LogP contribution in [-0.4, -0.2) is 10.9 Å². The number of nitrogens with zero attached hydrogens (tertiary/aromatic N) is 1. The van der Waals surface area contributed by atoms with Crippen LogP contribution in [-0.2, 0) is 4.79 Å². The zero-order valence-electron chi connectivity index (χ0n) is 11.6. The summed E-state index contributed by atoms with van der Waals surface area (Å²) in [5.41, 5.74) is 4.62.